The number of anilines is 1. The summed E-state index contributed by atoms with van der Waals surface area (Å²) in [6.07, 6.45) is 2.74. The monoisotopic (exact) mass is 255 g/mol. The van der Waals surface area contributed by atoms with Gasteiger partial charge in [0.2, 0.25) is 0 Å². The second-order valence-corrected chi connectivity index (χ2v) is 4.65. The van der Waals surface area contributed by atoms with E-state index in [1.54, 1.807) is 6.20 Å². The van der Waals surface area contributed by atoms with Gasteiger partial charge in [-0.1, -0.05) is 18.2 Å². The van der Waals surface area contributed by atoms with E-state index in [0.717, 1.165) is 30.4 Å². The molecule has 3 rings (SSSR count). The Bertz CT molecular complexity index is 571. The lowest BCUT2D eigenvalue weighted by Gasteiger charge is -2.24. The lowest BCUT2D eigenvalue weighted by atomic mass is 9.96. The topological polar surface area (TPSA) is 47.0 Å². The third-order valence-electron chi connectivity index (χ3n) is 3.28. The SMILES string of the molecule is CCNc1ccnc(C2COc3ccccc3C2)n1. The van der Waals surface area contributed by atoms with Crippen LogP contribution in [0, 0.1) is 0 Å². The van der Waals surface area contributed by atoms with Gasteiger partial charge in [0.25, 0.3) is 0 Å². The quantitative estimate of drug-likeness (QED) is 0.916. The molecule has 4 heteroatoms. The maximum absolute atomic E-state index is 5.79. The third kappa shape index (κ3) is 2.52. The van der Waals surface area contributed by atoms with E-state index < -0.39 is 0 Å². The number of benzene rings is 1. The van der Waals surface area contributed by atoms with Gasteiger partial charge in [0, 0.05) is 12.7 Å². The molecule has 0 aliphatic carbocycles. The van der Waals surface area contributed by atoms with E-state index in [4.69, 9.17) is 4.74 Å². The van der Waals surface area contributed by atoms with Gasteiger partial charge in [-0.3, -0.25) is 0 Å². The van der Waals surface area contributed by atoms with Crippen LogP contribution in [0.1, 0.15) is 24.2 Å². The molecule has 1 aromatic carbocycles. The fraction of sp³-hybridized carbons (Fsp3) is 0.333. The fourth-order valence-corrected chi connectivity index (χ4v) is 2.34. The normalized spacial score (nSPS) is 17.4. The zero-order chi connectivity index (χ0) is 13.1. The number of rotatable bonds is 3. The number of fused-ring (bicyclic) bond motifs is 1. The number of ether oxygens (including phenoxy) is 1. The van der Waals surface area contributed by atoms with Gasteiger partial charge in [-0.25, -0.2) is 9.97 Å². The van der Waals surface area contributed by atoms with Gasteiger partial charge in [0.15, 0.2) is 0 Å². The Morgan fingerprint density at radius 3 is 3.11 bits per heavy atom. The molecular formula is C15H17N3O. The molecule has 1 atom stereocenters. The maximum Gasteiger partial charge on any atom is 0.137 e. The molecule has 1 aliphatic rings. The van der Waals surface area contributed by atoms with Gasteiger partial charge in [0.1, 0.15) is 17.4 Å². The first-order valence-electron chi connectivity index (χ1n) is 6.64. The predicted octanol–water partition coefficient (Wildman–Crippen LogP) is 2.63. The van der Waals surface area contributed by atoms with Crippen LogP contribution < -0.4 is 10.1 Å². The number of hydrogen-bond acceptors (Lipinski definition) is 4. The van der Waals surface area contributed by atoms with Crippen LogP contribution in [0.15, 0.2) is 36.5 Å². The summed E-state index contributed by atoms with van der Waals surface area (Å²) in [5.41, 5.74) is 1.23. The van der Waals surface area contributed by atoms with Crippen molar-refractivity contribution in [1.29, 1.82) is 0 Å². The molecule has 19 heavy (non-hydrogen) atoms. The van der Waals surface area contributed by atoms with Crippen LogP contribution in [0.3, 0.4) is 0 Å². The number of aromatic nitrogens is 2. The summed E-state index contributed by atoms with van der Waals surface area (Å²) >= 11 is 0. The van der Waals surface area contributed by atoms with Crippen LogP contribution in [0.5, 0.6) is 5.75 Å². The molecule has 0 spiro atoms. The van der Waals surface area contributed by atoms with Crippen LogP contribution in [-0.4, -0.2) is 23.1 Å². The van der Waals surface area contributed by atoms with E-state index in [1.807, 2.05) is 24.3 Å². The lowest BCUT2D eigenvalue weighted by molar-refractivity contribution is 0.258. The van der Waals surface area contributed by atoms with Gasteiger partial charge in [0.05, 0.1) is 12.5 Å². The Balaban J connectivity index is 1.82. The first-order chi connectivity index (χ1) is 9.36. The summed E-state index contributed by atoms with van der Waals surface area (Å²) in [6.45, 7) is 3.56. The second-order valence-electron chi connectivity index (χ2n) is 4.65. The van der Waals surface area contributed by atoms with E-state index in [2.05, 4.69) is 28.3 Å². The van der Waals surface area contributed by atoms with Gasteiger partial charge in [-0.2, -0.15) is 0 Å². The number of para-hydroxylation sites is 1. The molecule has 1 N–H and O–H groups in total. The zero-order valence-electron chi connectivity index (χ0n) is 11.0. The van der Waals surface area contributed by atoms with Crippen molar-refractivity contribution in [3.05, 3.63) is 47.9 Å². The van der Waals surface area contributed by atoms with Gasteiger partial charge in [-0.15, -0.1) is 0 Å². The molecule has 1 aliphatic heterocycles. The average molecular weight is 255 g/mol. The minimum atomic E-state index is 0.230. The summed E-state index contributed by atoms with van der Waals surface area (Å²) in [6, 6.07) is 10.1. The zero-order valence-corrected chi connectivity index (χ0v) is 11.0. The summed E-state index contributed by atoms with van der Waals surface area (Å²) in [5, 5.41) is 3.21. The third-order valence-corrected chi connectivity index (χ3v) is 3.28. The van der Waals surface area contributed by atoms with E-state index in [0.29, 0.717) is 6.61 Å². The number of hydrogen-bond donors (Lipinski definition) is 1. The Hall–Kier alpha value is -2.10. The van der Waals surface area contributed by atoms with Crippen LogP contribution in [0.25, 0.3) is 0 Å². The first kappa shape index (κ1) is 12.0. The lowest BCUT2D eigenvalue weighted by Crippen LogP contribution is -2.21. The molecule has 0 saturated heterocycles. The van der Waals surface area contributed by atoms with Crippen LogP contribution >= 0.6 is 0 Å². The summed E-state index contributed by atoms with van der Waals surface area (Å²) in [5.74, 6) is 2.95. The maximum atomic E-state index is 5.79. The van der Waals surface area contributed by atoms with E-state index in [9.17, 15) is 0 Å². The molecule has 1 aromatic heterocycles. The molecule has 98 valence electrons. The van der Waals surface area contributed by atoms with Crippen LogP contribution in [0.2, 0.25) is 0 Å². The molecule has 1 unspecified atom stereocenters. The van der Waals surface area contributed by atoms with E-state index in [-0.39, 0.29) is 5.92 Å². The fourth-order valence-electron chi connectivity index (χ4n) is 2.34. The summed E-state index contributed by atoms with van der Waals surface area (Å²) < 4.78 is 5.79. The standard InChI is InChI=1S/C15H17N3O/c1-2-16-14-7-8-17-15(18-14)12-9-11-5-3-4-6-13(11)19-10-12/h3-8,12H,2,9-10H2,1H3,(H,16,17,18). The minimum Gasteiger partial charge on any atom is -0.493 e. The number of nitrogens with zero attached hydrogens (tertiary/aromatic N) is 2. The Kier molecular flexibility index (Phi) is 3.31. The van der Waals surface area contributed by atoms with Gasteiger partial charge >= 0.3 is 0 Å². The highest BCUT2D eigenvalue weighted by atomic mass is 16.5. The second kappa shape index (κ2) is 5.26. The molecule has 4 nitrogen and oxygen atoms in total. The predicted molar refractivity (Wildman–Crippen MR) is 74.6 cm³/mol. The van der Waals surface area contributed by atoms with Crippen molar-refractivity contribution in [2.24, 2.45) is 0 Å². The largest absolute Gasteiger partial charge is 0.493 e. The van der Waals surface area contributed by atoms with Crippen LogP contribution in [-0.2, 0) is 6.42 Å². The molecule has 0 radical (unpaired) electrons. The van der Waals surface area contributed by atoms with Gasteiger partial charge in [-0.05, 0) is 31.0 Å². The average Bonchev–Trinajstić information content (AvgIpc) is 2.47. The molecule has 0 fully saturated rings. The van der Waals surface area contributed by atoms with Crippen LogP contribution in [0.4, 0.5) is 5.82 Å². The Morgan fingerprint density at radius 2 is 2.21 bits per heavy atom. The smallest absolute Gasteiger partial charge is 0.137 e. The van der Waals surface area contributed by atoms with Crippen molar-refractivity contribution in [3.63, 3.8) is 0 Å². The molecule has 0 saturated carbocycles. The highest BCUT2D eigenvalue weighted by Gasteiger charge is 2.23. The van der Waals surface area contributed by atoms with Gasteiger partial charge < -0.3 is 10.1 Å². The van der Waals surface area contributed by atoms with E-state index >= 15 is 0 Å². The van der Waals surface area contributed by atoms with Crippen molar-refractivity contribution in [1.82, 2.24) is 9.97 Å². The molecule has 0 bridgehead atoms. The van der Waals surface area contributed by atoms with Crippen molar-refractivity contribution >= 4 is 5.82 Å². The van der Waals surface area contributed by atoms with Crippen molar-refractivity contribution in [2.75, 3.05) is 18.5 Å². The minimum absolute atomic E-state index is 0.230. The summed E-state index contributed by atoms with van der Waals surface area (Å²) in [7, 11) is 0. The Morgan fingerprint density at radius 1 is 1.32 bits per heavy atom. The van der Waals surface area contributed by atoms with Crippen molar-refractivity contribution < 1.29 is 4.74 Å². The van der Waals surface area contributed by atoms with Crippen molar-refractivity contribution in [2.45, 2.75) is 19.3 Å². The molecule has 2 heterocycles. The highest BCUT2D eigenvalue weighted by Crippen LogP contribution is 2.30. The Labute approximate surface area is 112 Å². The first-order valence-corrected chi connectivity index (χ1v) is 6.64. The van der Waals surface area contributed by atoms with Crippen molar-refractivity contribution in [3.8, 4) is 5.75 Å². The molecule has 2 aromatic rings. The van der Waals surface area contributed by atoms with E-state index in [1.165, 1.54) is 5.56 Å². The molecule has 0 amide bonds. The summed E-state index contributed by atoms with van der Waals surface area (Å²) in [4.78, 5) is 8.94. The number of nitrogens with one attached hydrogen (secondary N) is 1. The molecular weight excluding hydrogens is 238 g/mol. The highest BCUT2D eigenvalue weighted by molar-refractivity contribution is 5.38.